The Kier molecular flexibility index (Phi) is 2.01. The number of aromatic nitrogens is 1. The van der Waals surface area contributed by atoms with E-state index < -0.39 is 0 Å². The van der Waals surface area contributed by atoms with Gasteiger partial charge in [0.15, 0.2) is 5.82 Å². The normalized spacial score (nSPS) is 14.5. The molecule has 2 heterocycles. The van der Waals surface area contributed by atoms with Crippen molar-refractivity contribution in [3.63, 3.8) is 0 Å². The summed E-state index contributed by atoms with van der Waals surface area (Å²) in [7, 11) is 1.86. The highest BCUT2D eigenvalue weighted by Crippen LogP contribution is 2.39. The van der Waals surface area contributed by atoms with Gasteiger partial charge in [0.25, 0.3) is 0 Å². The number of hydrogen-bond donors (Lipinski definition) is 2. The van der Waals surface area contributed by atoms with E-state index in [0.717, 1.165) is 18.1 Å². The Morgan fingerprint density at radius 2 is 2.12 bits per heavy atom. The highest BCUT2D eigenvalue weighted by atomic mass is 15.6. The Balaban J connectivity index is 2.37. The molecule has 0 fully saturated rings. The summed E-state index contributed by atoms with van der Waals surface area (Å²) in [5.74, 6) is 1.39. The number of nitrogens with zero attached hydrogens (tertiary/aromatic N) is 3. The first-order chi connectivity index (χ1) is 8.22. The molecule has 0 saturated carbocycles. The molecule has 0 amide bonds. The van der Waals surface area contributed by atoms with Crippen LogP contribution >= 0.6 is 0 Å². The molecule has 17 heavy (non-hydrogen) atoms. The van der Waals surface area contributed by atoms with Crippen LogP contribution in [0.15, 0.2) is 29.3 Å². The number of anilines is 1. The fourth-order valence-corrected chi connectivity index (χ4v) is 2.24. The van der Waals surface area contributed by atoms with Crippen molar-refractivity contribution in [2.24, 2.45) is 10.7 Å². The molecule has 0 atom stereocenters. The maximum Gasteiger partial charge on any atom is 0.216 e. The third-order valence-electron chi connectivity index (χ3n) is 3.10. The van der Waals surface area contributed by atoms with Crippen LogP contribution in [0.1, 0.15) is 6.92 Å². The molecule has 1 aliphatic heterocycles. The van der Waals surface area contributed by atoms with E-state index in [1.54, 1.807) is 5.01 Å². The highest BCUT2D eigenvalue weighted by Gasteiger charge is 2.21. The third-order valence-corrected chi connectivity index (χ3v) is 3.10. The number of guanidine groups is 1. The number of para-hydroxylation sites is 1. The zero-order valence-electron chi connectivity index (χ0n) is 9.94. The molecule has 0 radical (unpaired) electrons. The van der Waals surface area contributed by atoms with Crippen molar-refractivity contribution in [1.82, 2.24) is 9.58 Å². The van der Waals surface area contributed by atoms with Gasteiger partial charge in [0.2, 0.25) is 5.96 Å². The maximum absolute atomic E-state index is 5.84. The first-order valence-corrected chi connectivity index (χ1v) is 5.68. The van der Waals surface area contributed by atoms with Gasteiger partial charge in [-0.3, -0.25) is 10.4 Å². The summed E-state index contributed by atoms with van der Waals surface area (Å²) in [6.45, 7) is 2.98. The van der Waals surface area contributed by atoms with E-state index in [-0.39, 0.29) is 0 Å². The molecule has 5 nitrogen and oxygen atoms in total. The summed E-state index contributed by atoms with van der Waals surface area (Å²) in [5, 5.41) is 2.90. The van der Waals surface area contributed by atoms with E-state index in [9.17, 15) is 0 Å². The molecule has 2 aromatic rings. The lowest BCUT2D eigenvalue weighted by atomic mass is 10.2. The Bertz CT molecular complexity index is 611. The second-order valence-corrected chi connectivity index (χ2v) is 4.10. The van der Waals surface area contributed by atoms with Crippen LogP contribution in [-0.2, 0) is 6.54 Å². The molecular weight excluding hydrogens is 214 g/mol. The number of nitrogens with two attached hydrogens (primary N) is 1. The second kappa shape index (κ2) is 3.41. The molecule has 0 bridgehead atoms. The molecular formula is C12H15N5. The molecule has 1 aromatic heterocycles. The Labute approximate surface area is 99.5 Å². The molecule has 5 heteroatoms. The lowest BCUT2D eigenvalue weighted by molar-refractivity contribution is 0.592. The largest absolute Gasteiger partial charge is 0.368 e. The fraction of sp³-hybridized carbons (Fsp3) is 0.250. The lowest BCUT2D eigenvalue weighted by Gasteiger charge is -2.24. The Hall–Kier alpha value is -2.17. The van der Waals surface area contributed by atoms with E-state index in [2.05, 4.69) is 34.0 Å². The summed E-state index contributed by atoms with van der Waals surface area (Å²) >= 11 is 0. The molecule has 0 aliphatic carbocycles. The lowest BCUT2D eigenvalue weighted by Crippen LogP contribution is -2.40. The quantitative estimate of drug-likeness (QED) is 0.785. The predicted octanol–water partition coefficient (Wildman–Crippen LogP) is 1.88. The van der Waals surface area contributed by atoms with Crippen molar-refractivity contribution in [3.05, 3.63) is 24.3 Å². The van der Waals surface area contributed by atoms with Gasteiger partial charge in [0, 0.05) is 19.0 Å². The molecule has 3 N–H and O–H groups in total. The minimum absolute atomic E-state index is 0.481. The SMILES string of the molecule is CCn1c2c(c3ccccc31)NN(C)C(N)=N2. The number of aryl methyl sites for hydroxylation is 1. The number of benzene rings is 1. The van der Waals surface area contributed by atoms with Crippen LogP contribution in [0.25, 0.3) is 10.9 Å². The van der Waals surface area contributed by atoms with Crippen LogP contribution in [0.5, 0.6) is 0 Å². The zero-order valence-corrected chi connectivity index (χ0v) is 9.94. The molecule has 1 aromatic carbocycles. The Morgan fingerprint density at radius 3 is 2.88 bits per heavy atom. The van der Waals surface area contributed by atoms with Gasteiger partial charge in [0.1, 0.15) is 5.69 Å². The zero-order chi connectivity index (χ0) is 12.0. The van der Waals surface area contributed by atoms with E-state index in [1.807, 2.05) is 19.2 Å². The van der Waals surface area contributed by atoms with Gasteiger partial charge in [0.05, 0.1) is 5.52 Å². The van der Waals surface area contributed by atoms with Crippen molar-refractivity contribution < 1.29 is 0 Å². The number of aliphatic imine (C=N–C) groups is 1. The van der Waals surface area contributed by atoms with Gasteiger partial charge in [-0.05, 0) is 13.0 Å². The standard InChI is InChI=1S/C12H15N5/c1-3-17-9-7-5-4-6-8(9)10-11(17)14-12(13)16(2)15-10/h4-7,15H,3H2,1-2H3,(H2,13,14). The van der Waals surface area contributed by atoms with Gasteiger partial charge in [-0.1, -0.05) is 18.2 Å². The summed E-state index contributed by atoms with van der Waals surface area (Å²) < 4.78 is 2.16. The van der Waals surface area contributed by atoms with Gasteiger partial charge < -0.3 is 10.3 Å². The van der Waals surface area contributed by atoms with Gasteiger partial charge in [-0.2, -0.15) is 4.99 Å². The molecule has 88 valence electrons. The maximum atomic E-state index is 5.84. The van der Waals surface area contributed by atoms with E-state index in [0.29, 0.717) is 5.96 Å². The minimum Gasteiger partial charge on any atom is -0.368 e. The van der Waals surface area contributed by atoms with Crippen molar-refractivity contribution in [2.45, 2.75) is 13.5 Å². The van der Waals surface area contributed by atoms with Gasteiger partial charge >= 0.3 is 0 Å². The van der Waals surface area contributed by atoms with E-state index >= 15 is 0 Å². The summed E-state index contributed by atoms with van der Waals surface area (Å²) in [4.78, 5) is 4.46. The van der Waals surface area contributed by atoms with Crippen molar-refractivity contribution >= 4 is 28.4 Å². The fourth-order valence-electron chi connectivity index (χ4n) is 2.24. The second-order valence-electron chi connectivity index (χ2n) is 4.10. The third kappa shape index (κ3) is 1.28. The molecule has 0 spiro atoms. The van der Waals surface area contributed by atoms with Crippen molar-refractivity contribution in [3.8, 4) is 0 Å². The van der Waals surface area contributed by atoms with Crippen molar-refractivity contribution in [1.29, 1.82) is 0 Å². The van der Waals surface area contributed by atoms with Crippen LogP contribution in [-0.4, -0.2) is 22.6 Å². The molecule has 1 aliphatic rings. The van der Waals surface area contributed by atoms with Gasteiger partial charge in [-0.15, -0.1) is 0 Å². The number of nitrogens with one attached hydrogen (secondary N) is 1. The molecule has 0 saturated heterocycles. The van der Waals surface area contributed by atoms with Crippen LogP contribution < -0.4 is 11.2 Å². The Morgan fingerprint density at radius 1 is 1.35 bits per heavy atom. The van der Waals surface area contributed by atoms with Crippen LogP contribution in [0, 0.1) is 0 Å². The number of rotatable bonds is 1. The number of fused-ring (bicyclic) bond motifs is 3. The summed E-state index contributed by atoms with van der Waals surface area (Å²) in [6.07, 6.45) is 0. The van der Waals surface area contributed by atoms with Crippen LogP contribution in [0.3, 0.4) is 0 Å². The number of hydrazine groups is 1. The minimum atomic E-state index is 0.481. The first kappa shape index (κ1) is 10.0. The number of hydrogen-bond acceptors (Lipinski definition) is 4. The van der Waals surface area contributed by atoms with Crippen molar-refractivity contribution in [2.75, 3.05) is 12.5 Å². The highest BCUT2D eigenvalue weighted by molar-refractivity contribution is 6.03. The summed E-state index contributed by atoms with van der Waals surface area (Å²) in [6, 6.07) is 8.27. The molecule has 3 rings (SSSR count). The predicted molar refractivity (Wildman–Crippen MR) is 70.3 cm³/mol. The summed E-state index contributed by atoms with van der Waals surface area (Å²) in [5.41, 5.74) is 11.3. The average Bonchev–Trinajstić information content (AvgIpc) is 2.63. The van der Waals surface area contributed by atoms with Gasteiger partial charge in [-0.25, -0.2) is 0 Å². The first-order valence-electron chi connectivity index (χ1n) is 5.68. The topological polar surface area (TPSA) is 58.6 Å². The smallest absolute Gasteiger partial charge is 0.216 e. The van der Waals surface area contributed by atoms with E-state index in [4.69, 9.17) is 5.73 Å². The van der Waals surface area contributed by atoms with Crippen LogP contribution in [0.2, 0.25) is 0 Å². The monoisotopic (exact) mass is 229 g/mol. The van der Waals surface area contributed by atoms with Crippen LogP contribution in [0.4, 0.5) is 11.5 Å². The average molecular weight is 229 g/mol. The molecule has 0 unspecified atom stereocenters. The van der Waals surface area contributed by atoms with E-state index in [1.165, 1.54) is 10.9 Å².